The highest BCUT2D eigenvalue weighted by Crippen LogP contribution is 2.35. The van der Waals surface area contributed by atoms with Crippen molar-refractivity contribution in [2.45, 2.75) is 45.8 Å². The molecule has 0 bridgehead atoms. The van der Waals surface area contributed by atoms with E-state index in [9.17, 15) is 0 Å². The Balaban J connectivity index is 2.35. The van der Waals surface area contributed by atoms with Gasteiger partial charge in [-0.15, -0.1) is 11.3 Å². The molecule has 0 aliphatic rings. The minimum Gasteiger partial charge on any atom is -0.483 e. The molecule has 1 aromatic carbocycles. The largest absolute Gasteiger partial charge is 0.483 e. The third kappa shape index (κ3) is 3.79. The van der Waals surface area contributed by atoms with Gasteiger partial charge in [-0.2, -0.15) is 0 Å². The van der Waals surface area contributed by atoms with Gasteiger partial charge >= 0.3 is 0 Å². The molecule has 1 aromatic heterocycles. The zero-order chi connectivity index (χ0) is 15.6. The predicted molar refractivity (Wildman–Crippen MR) is 91.6 cm³/mol. The van der Waals surface area contributed by atoms with Gasteiger partial charge in [0.05, 0.1) is 0 Å². The maximum atomic E-state index is 6.32. The van der Waals surface area contributed by atoms with Gasteiger partial charge in [0.15, 0.2) is 0 Å². The number of thiophene rings is 1. The van der Waals surface area contributed by atoms with Gasteiger partial charge in [0.25, 0.3) is 0 Å². The Morgan fingerprint density at radius 1 is 1.24 bits per heavy atom. The van der Waals surface area contributed by atoms with Crippen molar-refractivity contribution in [1.29, 1.82) is 0 Å². The van der Waals surface area contributed by atoms with Crippen molar-refractivity contribution in [2.24, 2.45) is 5.73 Å². The van der Waals surface area contributed by atoms with E-state index in [0.717, 1.165) is 26.8 Å². The summed E-state index contributed by atoms with van der Waals surface area (Å²) < 4.78 is 6.22. The number of ether oxygens (including phenoxy) is 1. The Hall–Kier alpha value is -1.03. The van der Waals surface area contributed by atoms with Crippen molar-refractivity contribution in [3.8, 4) is 5.75 Å². The van der Waals surface area contributed by atoms with Gasteiger partial charge in [-0.1, -0.05) is 31.5 Å². The maximum absolute atomic E-state index is 6.32. The molecule has 0 aliphatic carbocycles. The lowest BCUT2D eigenvalue weighted by Gasteiger charge is -2.23. The first kappa shape index (κ1) is 16.3. The topological polar surface area (TPSA) is 35.2 Å². The molecular formula is C17H22ClNOS. The average Bonchev–Trinajstić information content (AvgIpc) is 2.90. The summed E-state index contributed by atoms with van der Waals surface area (Å²) in [5, 5.41) is 2.84. The molecule has 0 radical (unpaired) electrons. The van der Waals surface area contributed by atoms with Gasteiger partial charge in [-0.05, 0) is 54.5 Å². The summed E-state index contributed by atoms with van der Waals surface area (Å²) in [7, 11) is 0. The molecule has 21 heavy (non-hydrogen) atoms. The first-order chi connectivity index (χ1) is 9.90. The molecule has 0 amide bonds. The molecule has 2 atom stereocenters. The summed E-state index contributed by atoms with van der Waals surface area (Å²) in [6.07, 6.45) is -0.134. The summed E-state index contributed by atoms with van der Waals surface area (Å²) in [5.41, 5.74) is 8.25. The van der Waals surface area contributed by atoms with Gasteiger partial charge < -0.3 is 10.5 Å². The number of halogens is 1. The van der Waals surface area contributed by atoms with E-state index in [0.29, 0.717) is 5.92 Å². The van der Waals surface area contributed by atoms with Crippen molar-refractivity contribution in [1.82, 2.24) is 0 Å². The fraction of sp³-hybridized carbons (Fsp3) is 0.412. The van der Waals surface area contributed by atoms with Crippen LogP contribution in [0.25, 0.3) is 0 Å². The molecule has 2 nitrogen and oxygen atoms in total. The quantitative estimate of drug-likeness (QED) is 0.810. The number of hydrogen-bond acceptors (Lipinski definition) is 3. The summed E-state index contributed by atoms with van der Waals surface area (Å²) >= 11 is 7.98. The minimum atomic E-state index is -0.134. The summed E-state index contributed by atoms with van der Waals surface area (Å²) in [4.78, 5) is 1.14. The monoisotopic (exact) mass is 323 g/mol. The Kier molecular flexibility index (Phi) is 5.31. The molecule has 2 N–H and O–H groups in total. The van der Waals surface area contributed by atoms with Crippen LogP contribution >= 0.6 is 22.9 Å². The van der Waals surface area contributed by atoms with E-state index in [1.54, 1.807) is 11.3 Å². The Morgan fingerprint density at radius 3 is 2.48 bits per heavy atom. The van der Waals surface area contributed by atoms with Crippen LogP contribution in [0, 0.1) is 6.92 Å². The third-order valence-electron chi connectivity index (χ3n) is 3.47. The molecular weight excluding hydrogens is 302 g/mol. The van der Waals surface area contributed by atoms with E-state index in [1.165, 1.54) is 0 Å². The Bertz CT molecular complexity index is 593. The number of rotatable bonds is 5. The van der Waals surface area contributed by atoms with Crippen LogP contribution in [0.15, 0.2) is 29.6 Å². The first-order valence-corrected chi connectivity index (χ1v) is 8.41. The standard InChI is InChI=1S/C17H22ClNOS/c1-10(2)13-9-15(11(3)8-14(13)18)20-17(12(4)19)16-6-5-7-21-16/h5-10,12,17H,19H2,1-4H3. The van der Waals surface area contributed by atoms with E-state index in [-0.39, 0.29) is 12.1 Å². The fourth-order valence-electron chi connectivity index (χ4n) is 2.25. The highest BCUT2D eigenvalue weighted by Gasteiger charge is 2.21. The Morgan fingerprint density at radius 2 is 1.95 bits per heavy atom. The highest BCUT2D eigenvalue weighted by atomic mass is 35.5. The van der Waals surface area contributed by atoms with E-state index in [4.69, 9.17) is 22.1 Å². The molecule has 1 heterocycles. The van der Waals surface area contributed by atoms with Gasteiger partial charge in [0.1, 0.15) is 11.9 Å². The molecule has 4 heteroatoms. The number of nitrogens with two attached hydrogens (primary N) is 1. The van der Waals surface area contributed by atoms with Crippen LogP contribution in [-0.4, -0.2) is 6.04 Å². The first-order valence-electron chi connectivity index (χ1n) is 7.15. The molecule has 0 saturated carbocycles. The minimum absolute atomic E-state index is 0.0822. The number of hydrogen-bond donors (Lipinski definition) is 1. The van der Waals surface area contributed by atoms with Crippen molar-refractivity contribution in [3.05, 3.63) is 50.7 Å². The molecule has 2 rings (SSSR count). The molecule has 0 spiro atoms. The fourth-order valence-corrected chi connectivity index (χ4v) is 3.56. The van der Waals surface area contributed by atoms with Crippen LogP contribution < -0.4 is 10.5 Å². The Labute approximate surface area is 135 Å². The molecule has 114 valence electrons. The van der Waals surface area contributed by atoms with E-state index in [1.807, 2.05) is 37.4 Å². The summed E-state index contributed by atoms with van der Waals surface area (Å²) in [6.45, 7) is 8.24. The SMILES string of the molecule is Cc1cc(Cl)c(C(C)C)cc1OC(c1cccs1)C(C)N. The van der Waals surface area contributed by atoms with Gasteiger partial charge in [0, 0.05) is 15.9 Å². The molecule has 2 unspecified atom stereocenters. The lowest BCUT2D eigenvalue weighted by Crippen LogP contribution is -2.28. The molecule has 0 fully saturated rings. The van der Waals surface area contributed by atoms with Crippen molar-refractivity contribution in [3.63, 3.8) is 0 Å². The van der Waals surface area contributed by atoms with E-state index >= 15 is 0 Å². The molecule has 0 saturated heterocycles. The van der Waals surface area contributed by atoms with Crippen LogP contribution in [-0.2, 0) is 0 Å². The average molecular weight is 324 g/mol. The lowest BCUT2D eigenvalue weighted by molar-refractivity contribution is 0.182. The molecule has 2 aromatic rings. The summed E-state index contributed by atoms with van der Waals surface area (Å²) in [6, 6.07) is 8.02. The summed E-state index contributed by atoms with van der Waals surface area (Å²) in [5.74, 6) is 1.22. The normalized spacial score (nSPS) is 14.2. The third-order valence-corrected chi connectivity index (χ3v) is 4.73. The zero-order valence-electron chi connectivity index (χ0n) is 12.9. The van der Waals surface area contributed by atoms with Crippen molar-refractivity contribution >= 4 is 22.9 Å². The second kappa shape index (κ2) is 6.82. The van der Waals surface area contributed by atoms with Gasteiger partial charge in [-0.3, -0.25) is 0 Å². The molecule has 0 aliphatic heterocycles. The zero-order valence-corrected chi connectivity index (χ0v) is 14.5. The van der Waals surface area contributed by atoms with Gasteiger partial charge in [0.2, 0.25) is 0 Å². The van der Waals surface area contributed by atoms with E-state index < -0.39 is 0 Å². The van der Waals surface area contributed by atoms with E-state index in [2.05, 4.69) is 19.9 Å². The second-order valence-corrected chi connectivity index (χ2v) is 7.09. The van der Waals surface area contributed by atoms with Crippen LogP contribution in [0.5, 0.6) is 5.75 Å². The van der Waals surface area contributed by atoms with Crippen molar-refractivity contribution < 1.29 is 4.74 Å². The smallest absolute Gasteiger partial charge is 0.148 e. The van der Waals surface area contributed by atoms with Crippen LogP contribution in [0.3, 0.4) is 0 Å². The lowest BCUT2D eigenvalue weighted by atomic mass is 10.0. The second-order valence-electron chi connectivity index (χ2n) is 5.71. The van der Waals surface area contributed by atoms with Crippen LogP contribution in [0.4, 0.5) is 0 Å². The predicted octanol–water partition coefficient (Wildman–Crippen LogP) is 5.30. The number of benzene rings is 1. The van der Waals surface area contributed by atoms with Crippen LogP contribution in [0.1, 0.15) is 48.8 Å². The number of aryl methyl sites for hydroxylation is 1. The van der Waals surface area contributed by atoms with Crippen molar-refractivity contribution in [2.75, 3.05) is 0 Å². The highest BCUT2D eigenvalue weighted by molar-refractivity contribution is 7.10. The van der Waals surface area contributed by atoms with Gasteiger partial charge in [-0.25, -0.2) is 0 Å². The van der Waals surface area contributed by atoms with Crippen LogP contribution in [0.2, 0.25) is 5.02 Å². The maximum Gasteiger partial charge on any atom is 0.148 e.